The van der Waals surface area contributed by atoms with Crippen molar-refractivity contribution in [2.24, 2.45) is 5.73 Å². The standard InChI is InChI=1S/C13H12N2O.ClH/c14-13(16)12-7-4-8-15(10-12)9-11-5-2-1-3-6-11;/h1-8,10H,9H2,(H-,14,16);1H/p+1. The first-order valence-electron chi connectivity index (χ1n) is 5.08. The second-order valence-electron chi connectivity index (χ2n) is 3.61. The van der Waals surface area contributed by atoms with Crippen LogP contribution in [-0.2, 0) is 6.54 Å². The molecule has 4 heteroatoms. The van der Waals surface area contributed by atoms with Crippen molar-refractivity contribution in [1.29, 1.82) is 0 Å². The van der Waals surface area contributed by atoms with Crippen LogP contribution in [0.25, 0.3) is 0 Å². The third-order valence-electron chi connectivity index (χ3n) is 2.35. The molecule has 0 saturated heterocycles. The molecule has 0 fully saturated rings. The van der Waals surface area contributed by atoms with Gasteiger partial charge in [-0.2, -0.15) is 4.57 Å². The van der Waals surface area contributed by atoms with Crippen LogP contribution in [0.3, 0.4) is 0 Å². The third-order valence-corrected chi connectivity index (χ3v) is 2.35. The molecule has 1 aromatic heterocycles. The lowest BCUT2D eigenvalue weighted by molar-refractivity contribution is -0.688. The summed E-state index contributed by atoms with van der Waals surface area (Å²) in [6.45, 7) is 0.738. The monoisotopic (exact) mass is 249 g/mol. The van der Waals surface area contributed by atoms with Crippen molar-refractivity contribution in [3.8, 4) is 0 Å². The SMILES string of the molecule is Cl.NC(=O)c1ccc[n+](Cc2ccccc2)c1. The van der Waals surface area contributed by atoms with Crippen LogP contribution in [0.4, 0.5) is 0 Å². The average molecular weight is 250 g/mol. The molecular weight excluding hydrogens is 236 g/mol. The fourth-order valence-electron chi connectivity index (χ4n) is 1.56. The number of aromatic nitrogens is 1. The summed E-state index contributed by atoms with van der Waals surface area (Å²) < 4.78 is 1.94. The minimum atomic E-state index is -0.401. The molecule has 1 amide bonds. The van der Waals surface area contributed by atoms with E-state index in [-0.39, 0.29) is 12.4 Å². The van der Waals surface area contributed by atoms with Gasteiger partial charge in [-0.05, 0) is 6.07 Å². The second-order valence-corrected chi connectivity index (χ2v) is 3.61. The topological polar surface area (TPSA) is 47.0 Å². The minimum absolute atomic E-state index is 0. The smallest absolute Gasteiger partial charge is 0.254 e. The predicted octanol–water partition coefficient (Wildman–Crippen LogP) is 1.54. The van der Waals surface area contributed by atoms with Crippen LogP contribution in [0.1, 0.15) is 15.9 Å². The normalized spacial score (nSPS) is 9.41. The average Bonchev–Trinajstić information content (AvgIpc) is 2.30. The summed E-state index contributed by atoms with van der Waals surface area (Å²) in [5.74, 6) is -0.401. The van der Waals surface area contributed by atoms with E-state index in [0.29, 0.717) is 5.56 Å². The van der Waals surface area contributed by atoms with E-state index >= 15 is 0 Å². The maximum atomic E-state index is 11.0. The Bertz CT molecular complexity index is 500. The number of nitrogens with zero attached hydrogens (tertiary/aromatic N) is 1. The van der Waals surface area contributed by atoms with Crippen LogP contribution in [-0.4, -0.2) is 5.91 Å². The maximum absolute atomic E-state index is 11.0. The number of carbonyl (C=O) groups is 1. The van der Waals surface area contributed by atoms with E-state index in [1.54, 1.807) is 12.3 Å². The van der Waals surface area contributed by atoms with E-state index in [2.05, 4.69) is 0 Å². The number of hydrogen-bond acceptors (Lipinski definition) is 1. The Kier molecular flexibility index (Phi) is 4.67. The zero-order valence-corrected chi connectivity index (χ0v) is 10.1. The Morgan fingerprint density at radius 3 is 2.47 bits per heavy atom. The Morgan fingerprint density at radius 2 is 1.82 bits per heavy atom. The van der Waals surface area contributed by atoms with Gasteiger partial charge in [0.05, 0.1) is 0 Å². The first kappa shape index (κ1) is 13.2. The quantitative estimate of drug-likeness (QED) is 0.825. The molecule has 88 valence electrons. The van der Waals surface area contributed by atoms with Gasteiger partial charge in [-0.15, -0.1) is 12.4 Å². The first-order chi connectivity index (χ1) is 7.75. The number of amides is 1. The Balaban J connectivity index is 0.00000144. The zero-order valence-electron chi connectivity index (χ0n) is 9.24. The number of benzene rings is 1. The van der Waals surface area contributed by atoms with Gasteiger partial charge >= 0.3 is 0 Å². The van der Waals surface area contributed by atoms with Gasteiger partial charge < -0.3 is 5.73 Å². The molecule has 2 N–H and O–H groups in total. The Labute approximate surface area is 106 Å². The lowest BCUT2D eigenvalue weighted by Gasteiger charge is -1.98. The van der Waals surface area contributed by atoms with Crippen molar-refractivity contribution in [2.75, 3.05) is 0 Å². The lowest BCUT2D eigenvalue weighted by Crippen LogP contribution is -2.35. The van der Waals surface area contributed by atoms with Gasteiger partial charge in [0, 0.05) is 11.6 Å². The molecule has 0 atom stereocenters. The number of primary amides is 1. The first-order valence-corrected chi connectivity index (χ1v) is 5.08. The highest BCUT2D eigenvalue weighted by atomic mass is 35.5. The van der Waals surface area contributed by atoms with Gasteiger partial charge in [0.2, 0.25) is 0 Å². The molecule has 0 aliphatic rings. The Morgan fingerprint density at radius 1 is 1.12 bits per heavy atom. The fourth-order valence-corrected chi connectivity index (χ4v) is 1.56. The van der Waals surface area contributed by atoms with E-state index in [1.165, 1.54) is 5.56 Å². The van der Waals surface area contributed by atoms with Crippen LogP contribution >= 0.6 is 12.4 Å². The molecule has 2 rings (SSSR count). The fraction of sp³-hybridized carbons (Fsp3) is 0.0769. The number of rotatable bonds is 3. The number of halogens is 1. The zero-order chi connectivity index (χ0) is 11.4. The summed E-state index contributed by atoms with van der Waals surface area (Å²) in [6, 6.07) is 13.6. The summed E-state index contributed by atoms with van der Waals surface area (Å²) >= 11 is 0. The van der Waals surface area contributed by atoms with Crippen LogP contribution < -0.4 is 10.3 Å². The molecule has 3 nitrogen and oxygen atoms in total. The van der Waals surface area contributed by atoms with Crippen LogP contribution in [0, 0.1) is 0 Å². The van der Waals surface area contributed by atoms with E-state index in [1.807, 2.05) is 47.2 Å². The molecule has 0 bridgehead atoms. The van der Waals surface area contributed by atoms with Crippen LogP contribution in [0.2, 0.25) is 0 Å². The van der Waals surface area contributed by atoms with Gasteiger partial charge in [0.25, 0.3) is 5.91 Å². The van der Waals surface area contributed by atoms with Crippen molar-refractivity contribution in [1.82, 2.24) is 0 Å². The largest absolute Gasteiger partial charge is 0.365 e. The maximum Gasteiger partial charge on any atom is 0.254 e. The molecule has 2 aromatic rings. The molecule has 17 heavy (non-hydrogen) atoms. The summed E-state index contributed by atoms with van der Waals surface area (Å²) in [5.41, 5.74) is 6.94. The van der Waals surface area contributed by atoms with Crippen molar-refractivity contribution < 1.29 is 9.36 Å². The molecule has 0 aliphatic carbocycles. The number of pyridine rings is 1. The molecule has 1 aromatic carbocycles. The summed E-state index contributed by atoms with van der Waals surface area (Å²) in [5, 5.41) is 0. The van der Waals surface area contributed by atoms with Crippen LogP contribution in [0.15, 0.2) is 54.9 Å². The van der Waals surface area contributed by atoms with E-state index in [4.69, 9.17) is 5.73 Å². The molecule has 0 spiro atoms. The van der Waals surface area contributed by atoms with Crippen molar-refractivity contribution in [3.63, 3.8) is 0 Å². The number of hydrogen-bond donors (Lipinski definition) is 1. The highest BCUT2D eigenvalue weighted by molar-refractivity contribution is 5.92. The molecule has 0 saturated carbocycles. The van der Waals surface area contributed by atoms with E-state index in [0.717, 1.165) is 6.54 Å². The van der Waals surface area contributed by atoms with E-state index in [9.17, 15) is 4.79 Å². The molecule has 1 heterocycles. The van der Waals surface area contributed by atoms with E-state index < -0.39 is 5.91 Å². The summed E-state index contributed by atoms with van der Waals surface area (Å²) in [4.78, 5) is 11.0. The number of nitrogens with two attached hydrogens (primary N) is 1. The van der Waals surface area contributed by atoms with Gasteiger partial charge in [-0.25, -0.2) is 0 Å². The summed E-state index contributed by atoms with van der Waals surface area (Å²) in [7, 11) is 0. The lowest BCUT2D eigenvalue weighted by atomic mass is 10.2. The predicted molar refractivity (Wildman–Crippen MR) is 67.9 cm³/mol. The second kappa shape index (κ2) is 6.01. The highest BCUT2D eigenvalue weighted by Gasteiger charge is 2.07. The Hall–Kier alpha value is -1.87. The van der Waals surface area contributed by atoms with Gasteiger partial charge in [-0.1, -0.05) is 30.3 Å². The molecular formula is C13H14ClN2O+. The van der Waals surface area contributed by atoms with Crippen molar-refractivity contribution in [3.05, 3.63) is 66.0 Å². The van der Waals surface area contributed by atoms with Crippen molar-refractivity contribution >= 4 is 18.3 Å². The third kappa shape index (κ3) is 3.57. The highest BCUT2D eigenvalue weighted by Crippen LogP contribution is 1.98. The van der Waals surface area contributed by atoms with Crippen LogP contribution in [0.5, 0.6) is 0 Å². The summed E-state index contributed by atoms with van der Waals surface area (Å²) in [6.07, 6.45) is 3.68. The van der Waals surface area contributed by atoms with Gasteiger partial charge in [0.15, 0.2) is 18.9 Å². The number of carbonyl (C=O) groups excluding carboxylic acids is 1. The minimum Gasteiger partial charge on any atom is -0.365 e. The van der Waals surface area contributed by atoms with Crippen molar-refractivity contribution in [2.45, 2.75) is 6.54 Å². The molecule has 0 unspecified atom stereocenters. The molecule has 0 aliphatic heterocycles. The molecule has 0 radical (unpaired) electrons. The van der Waals surface area contributed by atoms with Gasteiger partial charge in [-0.3, -0.25) is 4.79 Å². The van der Waals surface area contributed by atoms with Gasteiger partial charge in [0.1, 0.15) is 5.56 Å².